The Morgan fingerprint density at radius 1 is 0.744 bits per heavy atom. The number of halogens is 4. The first-order valence-electron chi connectivity index (χ1n) is 12.2. The maximum Gasteiger partial charge on any atom is 0.338 e. The second-order valence-corrected chi connectivity index (χ2v) is 10.5. The molecule has 0 bridgehead atoms. The quantitative estimate of drug-likeness (QED) is 0.232. The van der Waals surface area contributed by atoms with Gasteiger partial charge in [0.15, 0.2) is 13.2 Å². The van der Waals surface area contributed by atoms with Gasteiger partial charge < -0.3 is 20.1 Å². The fourth-order valence-electron chi connectivity index (χ4n) is 3.89. The molecule has 0 saturated heterocycles. The monoisotopic (exact) mass is 665 g/mol. The van der Waals surface area contributed by atoms with Crippen LogP contribution in [-0.2, 0) is 23.9 Å². The lowest BCUT2D eigenvalue weighted by Gasteiger charge is -2.20. The van der Waals surface area contributed by atoms with Gasteiger partial charge in [-0.3, -0.25) is 24.1 Å². The van der Waals surface area contributed by atoms with Gasteiger partial charge in [0.1, 0.15) is 6.04 Å². The van der Waals surface area contributed by atoms with Crippen LogP contribution in [0.5, 0.6) is 0 Å². The second-order valence-electron chi connectivity index (χ2n) is 8.90. The molecule has 11 nitrogen and oxygen atoms in total. The van der Waals surface area contributed by atoms with E-state index < -0.39 is 54.8 Å². The molecule has 4 rings (SSSR count). The molecule has 0 fully saturated rings. The standard InChI is InChI=1S/C28H19Cl4N3O8/c1-13(27(40)42-11-21(36)33-19-6-2-4-17(29)23(19)31)35-25(38)15-9-8-14(10-16(15)26(35)39)28(41)43-12-22(37)34-20-7-3-5-18(30)24(20)32/h2-10,13H,11-12H2,1H3,(H,33,36)(H,34,37)/t13-/m0/s1. The number of nitrogens with zero attached hydrogens (tertiary/aromatic N) is 1. The smallest absolute Gasteiger partial charge is 0.338 e. The van der Waals surface area contributed by atoms with Gasteiger partial charge in [0.2, 0.25) is 0 Å². The molecule has 3 aromatic rings. The number of ether oxygens (including phenoxy) is 2. The number of hydrogen-bond donors (Lipinski definition) is 2. The van der Waals surface area contributed by atoms with Crippen LogP contribution in [0.2, 0.25) is 20.1 Å². The Balaban J connectivity index is 1.34. The highest BCUT2D eigenvalue weighted by molar-refractivity contribution is 6.44. The van der Waals surface area contributed by atoms with E-state index in [4.69, 9.17) is 55.9 Å². The van der Waals surface area contributed by atoms with E-state index in [1.807, 2.05) is 0 Å². The second kappa shape index (κ2) is 13.4. The van der Waals surface area contributed by atoms with E-state index in [2.05, 4.69) is 10.6 Å². The van der Waals surface area contributed by atoms with E-state index in [1.54, 1.807) is 12.1 Å². The van der Waals surface area contributed by atoms with Crippen LogP contribution in [0, 0.1) is 0 Å². The van der Waals surface area contributed by atoms with Crippen molar-refractivity contribution in [3.8, 4) is 0 Å². The van der Waals surface area contributed by atoms with Crippen molar-refractivity contribution < 1.29 is 38.2 Å². The summed E-state index contributed by atoms with van der Waals surface area (Å²) in [7, 11) is 0. The molecule has 1 aliphatic rings. The number of anilines is 2. The van der Waals surface area contributed by atoms with Gasteiger partial charge in [-0.1, -0.05) is 58.5 Å². The van der Waals surface area contributed by atoms with Crippen molar-refractivity contribution in [3.05, 3.63) is 91.4 Å². The summed E-state index contributed by atoms with van der Waals surface area (Å²) in [5.74, 6) is -5.10. The lowest BCUT2D eigenvalue weighted by atomic mass is 10.1. The third-order valence-corrected chi connectivity index (χ3v) is 7.65. The third-order valence-electron chi connectivity index (χ3n) is 6.01. The average molecular weight is 667 g/mol. The third kappa shape index (κ3) is 7.08. The first-order chi connectivity index (χ1) is 20.4. The molecule has 0 radical (unpaired) electrons. The molecular weight excluding hydrogens is 648 g/mol. The molecule has 2 N–H and O–H groups in total. The minimum absolute atomic E-state index is 0.0668. The van der Waals surface area contributed by atoms with E-state index in [0.29, 0.717) is 4.90 Å². The summed E-state index contributed by atoms with van der Waals surface area (Å²) >= 11 is 23.9. The van der Waals surface area contributed by atoms with Crippen LogP contribution in [0.1, 0.15) is 38.0 Å². The molecular formula is C28H19Cl4N3O8. The van der Waals surface area contributed by atoms with Crippen molar-refractivity contribution in [1.82, 2.24) is 4.90 Å². The molecule has 1 heterocycles. The molecule has 0 saturated carbocycles. The van der Waals surface area contributed by atoms with Crippen LogP contribution >= 0.6 is 46.4 Å². The number of imide groups is 1. The molecule has 222 valence electrons. The zero-order valence-electron chi connectivity index (χ0n) is 21.9. The molecule has 0 aromatic heterocycles. The Morgan fingerprint density at radius 3 is 1.81 bits per heavy atom. The van der Waals surface area contributed by atoms with E-state index in [9.17, 15) is 28.8 Å². The van der Waals surface area contributed by atoms with Gasteiger partial charge in [0.25, 0.3) is 23.6 Å². The van der Waals surface area contributed by atoms with Crippen molar-refractivity contribution in [2.24, 2.45) is 0 Å². The molecule has 4 amide bonds. The summed E-state index contributed by atoms with van der Waals surface area (Å²) in [5.41, 5.74) is 0.0622. The number of hydrogen-bond acceptors (Lipinski definition) is 8. The normalized spacial score (nSPS) is 12.8. The van der Waals surface area contributed by atoms with Crippen molar-refractivity contribution >= 4 is 93.3 Å². The number of nitrogens with one attached hydrogen (secondary N) is 2. The predicted octanol–water partition coefficient (Wildman–Crippen LogP) is 5.26. The molecule has 0 aliphatic carbocycles. The van der Waals surface area contributed by atoms with Gasteiger partial charge in [0, 0.05) is 0 Å². The van der Waals surface area contributed by atoms with Gasteiger partial charge >= 0.3 is 11.9 Å². The maximum atomic E-state index is 13.1. The van der Waals surface area contributed by atoms with E-state index >= 15 is 0 Å². The number of rotatable bonds is 9. The minimum Gasteiger partial charge on any atom is -0.454 e. The summed E-state index contributed by atoms with van der Waals surface area (Å²) in [6.07, 6.45) is 0. The zero-order chi connectivity index (χ0) is 31.4. The lowest BCUT2D eigenvalue weighted by Crippen LogP contribution is -2.44. The highest BCUT2D eigenvalue weighted by Gasteiger charge is 2.42. The summed E-state index contributed by atoms with van der Waals surface area (Å²) < 4.78 is 10.0. The fourth-order valence-corrected chi connectivity index (χ4v) is 4.58. The van der Waals surface area contributed by atoms with Crippen molar-refractivity contribution in [1.29, 1.82) is 0 Å². The number of carbonyl (C=O) groups is 6. The average Bonchev–Trinajstić information content (AvgIpc) is 3.23. The molecule has 0 spiro atoms. The van der Waals surface area contributed by atoms with Crippen LogP contribution in [0.4, 0.5) is 11.4 Å². The lowest BCUT2D eigenvalue weighted by molar-refractivity contribution is -0.150. The first kappa shape index (κ1) is 31.8. The van der Waals surface area contributed by atoms with Crippen LogP contribution < -0.4 is 10.6 Å². The number of esters is 2. The maximum absolute atomic E-state index is 13.1. The van der Waals surface area contributed by atoms with Crippen LogP contribution in [0.15, 0.2) is 54.6 Å². The van der Waals surface area contributed by atoms with E-state index in [1.165, 1.54) is 43.3 Å². The summed E-state index contributed by atoms with van der Waals surface area (Å²) in [4.78, 5) is 76.3. The van der Waals surface area contributed by atoms with Gasteiger partial charge in [-0.2, -0.15) is 0 Å². The topological polar surface area (TPSA) is 148 Å². The van der Waals surface area contributed by atoms with E-state index in [-0.39, 0.29) is 48.2 Å². The number of carbonyl (C=O) groups excluding carboxylic acids is 6. The molecule has 1 atom stereocenters. The Hall–Kier alpha value is -4.16. The van der Waals surface area contributed by atoms with Crippen molar-refractivity contribution in [2.45, 2.75) is 13.0 Å². The molecule has 15 heteroatoms. The highest BCUT2D eigenvalue weighted by Crippen LogP contribution is 2.31. The molecule has 0 unspecified atom stereocenters. The summed E-state index contributed by atoms with van der Waals surface area (Å²) in [5, 5.41) is 5.52. The van der Waals surface area contributed by atoms with Crippen molar-refractivity contribution in [2.75, 3.05) is 23.8 Å². The van der Waals surface area contributed by atoms with Crippen LogP contribution in [-0.4, -0.2) is 59.7 Å². The summed E-state index contributed by atoms with van der Waals surface area (Å²) in [6, 6.07) is 11.3. The summed E-state index contributed by atoms with van der Waals surface area (Å²) in [6.45, 7) is -0.171. The Kier molecular flexibility index (Phi) is 9.92. The van der Waals surface area contributed by atoms with Gasteiger partial charge in [-0.15, -0.1) is 0 Å². The van der Waals surface area contributed by atoms with Crippen LogP contribution in [0.25, 0.3) is 0 Å². The van der Waals surface area contributed by atoms with Gasteiger partial charge in [-0.25, -0.2) is 9.59 Å². The number of amides is 4. The predicted molar refractivity (Wildman–Crippen MR) is 158 cm³/mol. The Labute approximate surface area is 263 Å². The largest absolute Gasteiger partial charge is 0.454 e. The Morgan fingerprint density at radius 2 is 1.26 bits per heavy atom. The van der Waals surface area contributed by atoms with Crippen molar-refractivity contribution in [3.63, 3.8) is 0 Å². The van der Waals surface area contributed by atoms with Gasteiger partial charge in [-0.05, 0) is 49.4 Å². The number of benzene rings is 3. The van der Waals surface area contributed by atoms with E-state index in [0.717, 1.165) is 6.07 Å². The van der Waals surface area contributed by atoms with Crippen LogP contribution in [0.3, 0.4) is 0 Å². The first-order valence-corrected chi connectivity index (χ1v) is 13.7. The fraction of sp³-hybridized carbons (Fsp3) is 0.143. The Bertz CT molecular complexity index is 1680. The zero-order valence-corrected chi connectivity index (χ0v) is 24.9. The SMILES string of the molecule is C[C@@H](C(=O)OCC(=O)Nc1cccc(Cl)c1Cl)N1C(=O)c2ccc(C(=O)OCC(=O)Nc3cccc(Cl)c3Cl)cc2C1=O. The highest BCUT2D eigenvalue weighted by atomic mass is 35.5. The van der Waals surface area contributed by atoms with Gasteiger partial charge in [0.05, 0.1) is 48.2 Å². The molecule has 1 aliphatic heterocycles. The molecule has 3 aromatic carbocycles. The number of fused-ring (bicyclic) bond motifs is 1. The molecule has 43 heavy (non-hydrogen) atoms. The minimum atomic E-state index is -1.41.